The van der Waals surface area contributed by atoms with Crippen LogP contribution in [0, 0.1) is 0 Å². The number of halogens is 1. The average molecular weight is 323 g/mol. The third-order valence-electron chi connectivity index (χ3n) is 4.03. The van der Waals surface area contributed by atoms with Crippen LogP contribution in [-0.4, -0.2) is 37.0 Å². The first kappa shape index (κ1) is 13.0. The number of hydrogen-bond acceptors (Lipinski definition) is 2. The van der Waals surface area contributed by atoms with Crippen LogP contribution in [0.2, 0.25) is 0 Å². The van der Waals surface area contributed by atoms with Crippen molar-refractivity contribution in [2.75, 3.05) is 31.1 Å². The molecule has 0 spiro atoms. The van der Waals surface area contributed by atoms with E-state index < -0.39 is 0 Å². The molecule has 2 aliphatic heterocycles. The largest absolute Gasteiger partial charge is 0.371 e. The van der Waals surface area contributed by atoms with Crippen molar-refractivity contribution in [1.82, 2.24) is 4.90 Å². The Morgan fingerprint density at radius 1 is 1.00 bits per heavy atom. The molecule has 0 N–H and O–H groups in total. The molecule has 2 aliphatic rings. The lowest BCUT2D eigenvalue weighted by atomic mass is 10.1. The van der Waals surface area contributed by atoms with Crippen molar-refractivity contribution in [3.8, 4) is 0 Å². The first-order chi connectivity index (χ1) is 9.25. The molecule has 2 fully saturated rings. The van der Waals surface area contributed by atoms with Crippen LogP contribution in [0.4, 0.5) is 5.69 Å². The second kappa shape index (κ2) is 5.53. The number of amides is 1. The molecule has 0 aliphatic carbocycles. The second-order valence-corrected chi connectivity index (χ2v) is 6.21. The van der Waals surface area contributed by atoms with Gasteiger partial charge in [-0.2, -0.15) is 0 Å². The Morgan fingerprint density at radius 3 is 2.26 bits per heavy atom. The fraction of sp³-hybridized carbons (Fsp3) is 0.533. The highest BCUT2D eigenvalue weighted by atomic mass is 79.9. The molecule has 2 saturated heterocycles. The van der Waals surface area contributed by atoms with Gasteiger partial charge < -0.3 is 9.80 Å². The summed E-state index contributed by atoms with van der Waals surface area (Å²) < 4.78 is 1.04. The molecule has 3 nitrogen and oxygen atoms in total. The summed E-state index contributed by atoms with van der Waals surface area (Å²) in [6.07, 6.45) is 4.80. The quantitative estimate of drug-likeness (QED) is 0.834. The predicted molar refractivity (Wildman–Crippen MR) is 80.7 cm³/mol. The van der Waals surface area contributed by atoms with E-state index in [1.807, 2.05) is 17.0 Å². The summed E-state index contributed by atoms with van der Waals surface area (Å²) in [5, 5.41) is 0. The Kier molecular flexibility index (Phi) is 3.78. The van der Waals surface area contributed by atoms with Gasteiger partial charge in [-0.25, -0.2) is 0 Å². The van der Waals surface area contributed by atoms with Crippen molar-refractivity contribution in [2.45, 2.75) is 25.7 Å². The lowest BCUT2D eigenvalue weighted by Crippen LogP contribution is -2.27. The van der Waals surface area contributed by atoms with E-state index in [-0.39, 0.29) is 5.91 Å². The molecular weight excluding hydrogens is 304 g/mol. The van der Waals surface area contributed by atoms with Gasteiger partial charge in [-0.1, -0.05) is 0 Å². The number of carbonyl (C=O) groups is 1. The van der Waals surface area contributed by atoms with Gasteiger partial charge in [-0.3, -0.25) is 4.79 Å². The minimum Gasteiger partial charge on any atom is -0.371 e. The summed E-state index contributed by atoms with van der Waals surface area (Å²) in [6.45, 7) is 4.06. The number of anilines is 1. The first-order valence-corrected chi connectivity index (χ1v) is 7.89. The van der Waals surface area contributed by atoms with E-state index in [9.17, 15) is 4.79 Å². The average Bonchev–Trinajstić information content (AvgIpc) is 3.11. The lowest BCUT2D eigenvalue weighted by molar-refractivity contribution is 0.0793. The number of nitrogens with zero attached hydrogens (tertiary/aromatic N) is 2. The zero-order valence-corrected chi connectivity index (χ0v) is 12.7. The van der Waals surface area contributed by atoms with Crippen LogP contribution in [-0.2, 0) is 0 Å². The molecule has 0 radical (unpaired) electrons. The molecule has 1 aromatic carbocycles. The van der Waals surface area contributed by atoms with Gasteiger partial charge in [0.15, 0.2) is 0 Å². The highest BCUT2D eigenvalue weighted by molar-refractivity contribution is 9.10. The molecular formula is C15H19BrN2O. The van der Waals surface area contributed by atoms with Crippen molar-refractivity contribution in [1.29, 1.82) is 0 Å². The lowest BCUT2D eigenvalue weighted by Gasteiger charge is -2.21. The molecule has 102 valence electrons. The van der Waals surface area contributed by atoms with Crippen LogP contribution in [0.3, 0.4) is 0 Å². The molecule has 0 aromatic heterocycles. The van der Waals surface area contributed by atoms with Gasteiger partial charge in [-0.15, -0.1) is 0 Å². The summed E-state index contributed by atoms with van der Waals surface area (Å²) >= 11 is 3.62. The fourth-order valence-corrected chi connectivity index (χ4v) is 3.59. The minimum absolute atomic E-state index is 0.172. The monoisotopic (exact) mass is 322 g/mol. The molecule has 0 unspecified atom stereocenters. The van der Waals surface area contributed by atoms with E-state index in [0.717, 1.165) is 49.1 Å². The van der Waals surface area contributed by atoms with Gasteiger partial charge in [-0.05, 0) is 59.8 Å². The molecule has 0 bridgehead atoms. The van der Waals surface area contributed by atoms with Crippen LogP contribution >= 0.6 is 15.9 Å². The molecule has 19 heavy (non-hydrogen) atoms. The normalized spacial score (nSPS) is 19.2. The number of hydrogen-bond donors (Lipinski definition) is 0. The number of carbonyl (C=O) groups excluding carboxylic acids is 1. The van der Waals surface area contributed by atoms with Crippen LogP contribution in [0.15, 0.2) is 22.7 Å². The summed E-state index contributed by atoms with van der Waals surface area (Å²) in [6, 6.07) is 6.03. The molecule has 0 atom stereocenters. The second-order valence-electron chi connectivity index (χ2n) is 5.36. The highest BCUT2D eigenvalue weighted by Crippen LogP contribution is 2.30. The van der Waals surface area contributed by atoms with E-state index in [4.69, 9.17) is 0 Å². The third kappa shape index (κ3) is 2.64. The van der Waals surface area contributed by atoms with Crippen molar-refractivity contribution in [3.63, 3.8) is 0 Å². The Labute approximate surface area is 122 Å². The Balaban J connectivity index is 1.80. The molecule has 3 rings (SSSR count). The number of rotatable bonds is 2. The summed E-state index contributed by atoms with van der Waals surface area (Å²) in [5.74, 6) is 0.172. The standard InChI is InChI=1S/C15H19BrN2O/c16-13-11-12(15(19)18-9-3-4-10-18)5-6-14(13)17-7-1-2-8-17/h5-6,11H,1-4,7-10H2. The predicted octanol–water partition coefficient (Wildman–Crippen LogP) is 3.29. The van der Waals surface area contributed by atoms with E-state index in [0.29, 0.717) is 0 Å². The number of benzene rings is 1. The summed E-state index contributed by atoms with van der Waals surface area (Å²) in [4.78, 5) is 16.7. The van der Waals surface area contributed by atoms with Gasteiger partial charge in [0.05, 0.1) is 5.69 Å². The van der Waals surface area contributed by atoms with E-state index >= 15 is 0 Å². The number of likely N-dealkylation sites (tertiary alicyclic amines) is 1. The van der Waals surface area contributed by atoms with Gasteiger partial charge in [0.25, 0.3) is 5.91 Å². The van der Waals surface area contributed by atoms with Crippen LogP contribution in [0.25, 0.3) is 0 Å². The molecule has 1 aromatic rings. The van der Waals surface area contributed by atoms with Crippen molar-refractivity contribution in [2.24, 2.45) is 0 Å². The smallest absolute Gasteiger partial charge is 0.253 e. The molecule has 0 saturated carbocycles. The molecule has 2 heterocycles. The van der Waals surface area contributed by atoms with Crippen LogP contribution in [0.1, 0.15) is 36.0 Å². The topological polar surface area (TPSA) is 23.6 Å². The SMILES string of the molecule is O=C(c1ccc(N2CCCC2)c(Br)c1)N1CCCC1. The van der Waals surface area contributed by atoms with Gasteiger partial charge in [0.2, 0.25) is 0 Å². The van der Waals surface area contributed by atoms with E-state index in [1.165, 1.54) is 18.5 Å². The van der Waals surface area contributed by atoms with Crippen molar-refractivity contribution >= 4 is 27.5 Å². The Morgan fingerprint density at radius 2 is 1.63 bits per heavy atom. The third-order valence-corrected chi connectivity index (χ3v) is 4.67. The van der Waals surface area contributed by atoms with Gasteiger partial charge >= 0.3 is 0 Å². The van der Waals surface area contributed by atoms with Crippen LogP contribution in [0.5, 0.6) is 0 Å². The summed E-state index contributed by atoms with van der Waals surface area (Å²) in [7, 11) is 0. The Bertz CT molecular complexity index is 477. The van der Waals surface area contributed by atoms with Crippen molar-refractivity contribution < 1.29 is 4.79 Å². The fourth-order valence-electron chi connectivity index (χ4n) is 2.96. The first-order valence-electron chi connectivity index (χ1n) is 7.09. The maximum absolute atomic E-state index is 12.3. The van der Waals surface area contributed by atoms with Crippen molar-refractivity contribution in [3.05, 3.63) is 28.2 Å². The highest BCUT2D eigenvalue weighted by Gasteiger charge is 2.21. The maximum atomic E-state index is 12.3. The van der Waals surface area contributed by atoms with Gasteiger partial charge in [0, 0.05) is 36.2 Å². The maximum Gasteiger partial charge on any atom is 0.253 e. The van der Waals surface area contributed by atoms with E-state index in [1.54, 1.807) is 0 Å². The Hall–Kier alpha value is -1.03. The zero-order chi connectivity index (χ0) is 13.2. The molecule has 1 amide bonds. The van der Waals surface area contributed by atoms with Gasteiger partial charge in [0.1, 0.15) is 0 Å². The molecule has 4 heteroatoms. The van der Waals surface area contributed by atoms with E-state index in [2.05, 4.69) is 26.9 Å². The zero-order valence-electron chi connectivity index (χ0n) is 11.1. The summed E-state index contributed by atoms with van der Waals surface area (Å²) in [5.41, 5.74) is 2.02. The minimum atomic E-state index is 0.172. The van der Waals surface area contributed by atoms with Crippen LogP contribution < -0.4 is 4.90 Å².